The first-order chi connectivity index (χ1) is 12.2. The first-order valence-electron chi connectivity index (χ1n) is 9.38. The number of carbonyl (C=O) groups excluding carboxylic acids is 1. The summed E-state index contributed by atoms with van der Waals surface area (Å²) in [5, 5.41) is 4.30. The van der Waals surface area contributed by atoms with Gasteiger partial charge in [-0.2, -0.15) is 0 Å². The van der Waals surface area contributed by atoms with E-state index < -0.39 is 0 Å². The molecule has 25 heavy (non-hydrogen) atoms. The van der Waals surface area contributed by atoms with Gasteiger partial charge in [-0.05, 0) is 25.0 Å². The maximum atomic E-state index is 12.9. The van der Waals surface area contributed by atoms with E-state index in [9.17, 15) is 4.79 Å². The minimum Gasteiger partial charge on any atom is -0.379 e. The number of carbonyl (C=O) groups is 1. The Bertz CT molecular complexity index is 717. The van der Waals surface area contributed by atoms with Gasteiger partial charge in [0.2, 0.25) is 0 Å². The van der Waals surface area contributed by atoms with E-state index in [0.717, 1.165) is 69.0 Å². The number of ether oxygens (including phenoxy) is 1. The van der Waals surface area contributed by atoms with Crippen LogP contribution in [0.5, 0.6) is 0 Å². The Morgan fingerprint density at radius 1 is 1.20 bits per heavy atom. The Morgan fingerprint density at radius 3 is 2.72 bits per heavy atom. The molecule has 0 spiro atoms. The summed E-state index contributed by atoms with van der Waals surface area (Å²) in [7, 11) is 0. The normalized spacial score (nSPS) is 15.6. The highest BCUT2D eigenvalue weighted by Gasteiger charge is 2.20. The van der Waals surface area contributed by atoms with Crippen LogP contribution in [-0.2, 0) is 11.3 Å². The quantitative estimate of drug-likeness (QED) is 0.841. The number of amides is 1. The minimum absolute atomic E-state index is 0.0399. The summed E-state index contributed by atoms with van der Waals surface area (Å²) < 4.78 is 7.56. The van der Waals surface area contributed by atoms with Gasteiger partial charge >= 0.3 is 0 Å². The molecule has 5 heteroatoms. The number of hydrogen-bond acceptors (Lipinski definition) is 3. The Morgan fingerprint density at radius 2 is 1.96 bits per heavy atom. The van der Waals surface area contributed by atoms with Gasteiger partial charge in [0.1, 0.15) is 5.69 Å². The van der Waals surface area contributed by atoms with E-state index in [1.807, 2.05) is 12.1 Å². The van der Waals surface area contributed by atoms with Gasteiger partial charge < -0.3 is 14.6 Å². The predicted molar refractivity (Wildman–Crippen MR) is 101 cm³/mol. The third kappa shape index (κ3) is 4.05. The number of rotatable bonds is 7. The van der Waals surface area contributed by atoms with Crippen LogP contribution in [0.4, 0.5) is 0 Å². The van der Waals surface area contributed by atoms with Crippen molar-refractivity contribution in [2.24, 2.45) is 0 Å². The van der Waals surface area contributed by atoms with Gasteiger partial charge in [0, 0.05) is 43.6 Å². The Balaban J connectivity index is 1.74. The molecule has 0 bridgehead atoms. The molecule has 136 valence electrons. The van der Waals surface area contributed by atoms with Gasteiger partial charge in [-0.15, -0.1) is 0 Å². The van der Waals surface area contributed by atoms with Crippen LogP contribution in [0, 0.1) is 6.92 Å². The van der Waals surface area contributed by atoms with E-state index >= 15 is 0 Å². The van der Waals surface area contributed by atoms with Crippen molar-refractivity contribution in [3.05, 3.63) is 35.5 Å². The number of nitrogens with one attached hydrogen (secondary N) is 1. The molecule has 0 radical (unpaired) electrons. The van der Waals surface area contributed by atoms with Crippen LogP contribution >= 0.6 is 0 Å². The summed E-state index contributed by atoms with van der Waals surface area (Å²) in [4.78, 5) is 15.2. The Labute approximate surface area is 149 Å². The van der Waals surface area contributed by atoms with E-state index in [-0.39, 0.29) is 5.91 Å². The molecule has 2 aromatic rings. The molecule has 5 nitrogen and oxygen atoms in total. The van der Waals surface area contributed by atoms with Gasteiger partial charge in [0.05, 0.1) is 13.2 Å². The van der Waals surface area contributed by atoms with Crippen LogP contribution in [0.25, 0.3) is 10.9 Å². The SMILES string of the molecule is CCCCn1c(C(=O)NCCN2CCOCC2)c(C)c2ccccc21. The smallest absolute Gasteiger partial charge is 0.268 e. The molecule has 1 saturated heterocycles. The van der Waals surface area contributed by atoms with E-state index in [0.29, 0.717) is 6.54 Å². The molecule has 1 aromatic carbocycles. The molecule has 1 aliphatic heterocycles. The van der Waals surface area contributed by atoms with Crippen LogP contribution in [0.1, 0.15) is 35.8 Å². The molecule has 0 saturated carbocycles. The largest absolute Gasteiger partial charge is 0.379 e. The molecule has 0 atom stereocenters. The average molecular weight is 343 g/mol. The lowest BCUT2D eigenvalue weighted by Gasteiger charge is -2.26. The number of fused-ring (bicyclic) bond motifs is 1. The summed E-state index contributed by atoms with van der Waals surface area (Å²) in [6.45, 7) is 10.2. The monoisotopic (exact) mass is 343 g/mol. The second kappa shape index (κ2) is 8.50. The van der Waals surface area contributed by atoms with E-state index in [2.05, 4.69) is 40.8 Å². The Kier molecular flexibility index (Phi) is 6.10. The maximum absolute atomic E-state index is 12.9. The molecular weight excluding hydrogens is 314 g/mol. The van der Waals surface area contributed by atoms with Gasteiger partial charge in [-0.25, -0.2) is 0 Å². The molecule has 1 N–H and O–H groups in total. The first kappa shape index (κ1) is 18.0. The molecule has 2 heterocycles. The molecule has 1 amide bonds. The van der Waals surface area contributed by atoms with Crippen molar-refractivity contribution in [3.8, 4) is 0 Å². The lowest BCUT2D eigenvalue weighted by Crippen LogP contribution is -2.41. The van der Waals surface area contributed by atoms with E-state index in [4.69, 9.17) is 4.74 Å². The molecule has 1 fully saturated rings. The zero-order valence-electron chi connectivity index (χ0n) is 15.4. The molecule has 1 aliphatic rings. The van der Waals surface area contributed by atoms with Crippen molar-refractivity contribution in [3.63, 3.8) is 0 Å². The summed E-state index contributed by atoms with van der Waals surface area (Å²) in [6.07, 6.45) is 2.19. The van der Waals surface area contributed by atoms with Crippen molar-refractivity contribution in [2.75, 3.05) is 39.4 Å². The zero-order valence-corrected chi connectivity index (χ0v) is 15.4. The number of benzene rings is 1. The van der Waals surface area contributed by atoms with Crippen LogP contribution < -0.4 is 5.32 Å². The number of unbranched alkanes of at least 4 members (excludes halogenated alkanes) is 1. The fourth-order valence-electron chi connectivity index (χ4n) is 3.55. The van der Waals surface area contributed by atoms with Gasteiger partial charge in [0.25, 0.3) is 5.91 Å². The van der Waals surface area contributed by atoms with Crippen molar-refractivity contribution < 1.29 is 9.53 Å². The highest BCUT2D eigenvalue weighted by atomic mass is 16.5. The number of para-hydroxylation sites is 1. The van der Waals surface area contributed by atoms with Crippen molar-refractivity contribution >= 4 is 16.8 Å². The van der Waals surface area contributed by atoms with Gasteiger partial charge in [-0.3, -0.25) is 9.69 Å². The fourth-order valence-corrected chi connectivity index (χ4v) is 3.55. The Hall–Kier alpha value is -1.85. The zero-order chi connectivity index (χ0) is 17.6. The number of morpholine rings is 1. The van der Waals surface area contributed by atoms with Gasteiger partial charge in [-0.1, -0.05) is 31.5 Å². The average Bonchev–Trinajstić information content (AvgIpc) is 2.93. The highest BCUT2D eigenvalue weighted by Crippen LogP contribution is 2.26. The fraction of sp³-hybridized carbons (Fsp3) is 0.550. The molecular formula is C20H29N3O2. The van der Waals surface area contributed by atoms with Crippen LogP contribution in [0.2, 0.25) is 0 Å². The second-order valence-electron chi connectivity index (χ2n) is 6.71. The maximum Gasteiger partial charge on any atom is 0.268 e. The standard InChI is InChI=1S/C20H29N3O2/c1-3-4-10-23-18-8-6-5-7-17(18)16(2)19(23)20(24)21-9-11-22-12-14-25-15-13-22/h5-8H,3-4,9-15H2,1-2H3,(H,21,24). The highest BCUT2D eigenvalue weighted by molar-refractivity contribution is 6.01. The van der Waals surface area contributed by atoms with Crippen molar-refractivity contribution in [1.29, 1.82) is 0 Å². The minimum atomic E-state index is 0.0399. The van der Waals surface area contributed by atoms with E-state index in [1.165, 1.54) is 5.39 Å². The third-order valence-electron chi connectivity index (χ3n) is 4.99. The number of hydrogen-bond donors (Lipinski definition) is 1. The predicted octanol–water partition coefficient (Wildman–Crippen LogP) is 2.81. The summed E-state index contributed by atoms with van der Waals surface area (Å²) in [5.41, 5.74) is 3.05. The topological polar surface area (TPSA) is 46.5 Å². The number of aryl methyl sites for hydroxylation is 2. The van der Waals surface area contributed by atoms with Crippen LogP contribution in [0.15, 0.2) is 24.3 Å². The van der Waals surface area contributed by atoms with Crippen molar-refractivity contribution in [1.82, 2.24) is 14.8 Å². The summed E-state index contributed by atoms with van der Waals surface area (Å²) in [5.74, 6) is 0.0399. The van der Waals surface area contributed by atoms with Gasteiger partial charge in [0.15, 0.2) is 0 Å². The number of nitrogens with zero attached hydrogens (tertiary/aromatic N) is 2. The molecule has 0 aliphatic carbocycles. The molecule has 1 aromatic heterocycles. The molecule has 0 unspecified atom stereocenters. The lowest BCUT2D eigenvalue weighted by molar-refractivity contribution is 0.0383. The summed E-state index contributed by atoms with van der Waals surface area (Å²) in [6, 6.07) is 8.31. The first-order valence-corrected chi connectivity index (χ1v) is 9.38. The second-order valence-corrected chi connectivity index (χ2v) is 6.71. The van der Waals surface area contributed by atoms with Crippen LogP contribution in [0.3, 0.4) is 0 Å². The number of aromatic nitrogens is 1. The summed E-state index contributed by atoms with van der Waals surface area (Å²) >= 11 is 0. The van der Waals surface area contributed by atoms with E-state index in [1.54, 1.807) is 0 Å². The lowest BCUT2D eigenvalue weighted by atomic mass is 10.1. The van der Waals surface area contributed by atoms with Crippen molar-refractivity contribution in [2.45, 2.75) is 33.2 Å². The van der Waals surface area contributed by atoms with Crippen LogP contribution in [-0.4, -0.2) is 54.8 Å². The molecule has 3 rings (SSSR count). The third-order valence-corrected chi connectivity index (χ3v) is 4.99.